The van der Waals surface area contributed by atoms with E-state index in [2.05, 4.69) is 13.0 Å². The molecule has 0 aliphatic heterocycles. The SMILES string of the molecule is CCCCCC=C[C@H](O)CCCCCCCCCC(=O)O. The van der Waals surface area contributed by atoms with Crippen molar-refractivity contribution >= 4 is 5.97 Å². The second kappa shape index (κ2) is 15.6. The molecule has 2 N–H and O–H groups in total. The number of unbranched alkanes of at least 4 members (excludes halogenated alkanes) is 9. The van der Waals surface area contributed by atoms with E-state index in [9.17, 15) is 9.90 Å². The summed E-state index contributed by atoms with van der Waals surface area (Å²) < 4.78 is 0. The number of carbonyl (C=O) groups is 1. The number of hydrogen-bond donors (Lipinski definition) is 2. The van der Waals surface area contributed by atoms with Crippen LogP contribution >= 0.6 is 0 Å². The van der Waals surface area contributed by atoms with Crippen LogP contribution in [-0.2, 0) is 4.79 Å². The molecule has 0 aliphatic carbocycles. The van der Waals surface area contributed by atoms with Gasteiger partial charge in [0.05, 0.1) is 6.10 Å². The largest absolute Gasteiger partial charge is 0.481 e. The van der Waals surface area contributed by atoms with Crippen LogP contribution in [0.2, 0.25) is 0 Å². The van der Waals surface area contributed by atoms with Gasteiger partial charge >= 0.3 is 5.97 Å². The Labute approximate surface area is 130 Å². The smallest absolute Gasteiger partial charge is 0.303 e. The highest BCUT2D eigenvalue weighted by Gasteiger charge is 1.99. The molecule has 0 amide bonds. The first-order valence-electron chi connectivity index (χ1n) is 8.73. The second-order valence-corrected chi connectivity index (χ2v) is 5.90. The summed E-state index contributed by atoms with van der Waals surface area (Å²) in [5, 5.41) is 18.3. The van der Waals surface area contributed by atoms with Crippen molar-refractivity contribution in [2.75, 3.05) is 0 Å². The van der Waals surface area contributed by atoms with Crippen molar-refractivity contribution < 1.29 is 15.0 Å². The highest BCUT2D eigenvalue weighted by atomic mass is 16.4. The molecule has 0 aromatic rings. The van der Waals surface area contributed by atoms with E-state index < -0.39 is 5.97 Å². The van der Waals surface area contributed by atoms with Gasteiger partial charge in [0.25, 0.3) is 0 Å². The molecule has 0 unspecified atom stereocenters. The van der Waals surface area contributed by atoms with Gasteiger partial charge in [-0.2, -0.15) is 0 Å². The molecule has 0 aromatic carbocycles. The molecule has 3 heteroatoms. The topological polar surface area (TPSA) is 57.5 Å². The summed E-state index contributed by atoms with van der Waals surface area (Å²) >= 11 is 0. The molecule has 0 aromatic heterocycles. The van der Waals surface area contributed by atoms with Crippen LogP contribution in [-0.4, -0.2) is 22.3 Å². The lowest BCUT2D eigenvalue weighted by atomic mass is 10.0. The molecule has 21 heavy (non-hydrogen) atoms. The second-order valence-electron chi connectivity index (χ2n) is 5.90. The third-order valence-electron chi connectivity index (χ3n) is 3.72. The molecule has 1 atom stereocenters. The fraction of sp³-hybridized carbons (Fsp3) is 0.833. The summed E-state index contributed by atoms with van der Waals surface area (Å²) in [6.45, 7) is 2.20. The van der Waals surface area contributed by atoms with E-state index in [0.717, 1.165) is 38.5 Å². The molecule has 0 saturated heterocycles. The van der Waals surface area contributed by atoms with Gasteiger partial charge in [0, 0.05) is 6.42 Å². The standard InChI is InChI=1S/C18H34O3/c1-2-3-4-8-11-14-17(19)15-12-9-6-5-7-10-13-16-18(20)21/h11,14,17,19H,2-10,12-13,15-16H2,1H3,(H,20,21)/t17-/m0/s1. The van der Waals surface area contributed by atoms with Gasteiger partial charge in [-0.3, -0.25) is 4.79 Å². The van der Waals surface area contributed by atoms with Gasteiger partial charge in [-0.25, -0.2) is 0 Å². The van der Waals surface area contributed by atoms with E-state index in [4.69, 9.17) is 5.11 Å². The lowest BCUT2D eigenvalue weighted by Gasteiger charge is -2.05. The molecule has 0 rings (SSSR count). The lowest BCUT2D eigenvalue weighted by molar-refractivity contribution is -0.137. The summed E-state index contributed by atoms with van der Waals surface area (Å²) in [7, 11) is 0. The number of hydrogen-bond acceptors (Lipinski definition) is 2. The Kier molecular flexibility index (Phi) is 14.9. The van der Waals surface area contributed by atoms with E-state index in [-0.39, 0.29) is 6.10 Å². The van der Waals surface area contributed by atoms with Crippen LogP contribution in [0, 0.1) is 0 Å². The summed E-state index contributed by atoms with van der Waals surface area (Å²) in [5.41, 5.74) is 0. The van der Waals surface area contributed by atoms with Crippen LogP contribution in [0.3, 0.4) is 0 Å². The van der Waals surface area contributed by atoms with Crippen LogP contribution in [0.4, 0.5) is 0 Å². The Balaban J connectivity index is 3.24. The zero-order valence-corrected chi connectivity index (χ0v) is 13.7. The molecule has 0 radical (unpaired) electrons. The first-order valence-corrected chi connectivity index (χ1v) is 8.73. The van der Waals surface area contributed by atoms with Crippen LogP contribution < -0.4 is 0 Å². The van der Waals surface area contributed by atoms with E-state index in [1.165, 1.54) is 38.5 Å². The minimum absolute atomic E-state index is 0.276. The molecule has 0 saturated carbocycles. The number of aliphatic carboxylic acids is 1. The monoisotopic (exact) mass is 298 g/mol. The molecular weight excluding hydrogens is 264 g/mol. The van der Waals surface area contributed by atoms with Gasteiger partial charge in [-0.1, -0.05) is 70.4 Å². The first kappa shape index (κ1) is 20.2. The molecule has 0 heterocycles. The maximum atomic E-state index is 10.3. The summed E-state index contributed by atoms with van der Waals surface area (Å²) in [4.78, 5) is 10.3. The van der Waals surface area contributed by atoms with Crippen molar-refractivity contribution in [1.29, 1.82) is 0 Å². The van der Waals surface area contributed by atoms with Crippen LogP contribution in [0.25, 0.3) is 0 Å². The number of aliphatic hydroxyl groups is 1. The highest BCUT2D eigenvalue weighted by Crippen LogP contribution is 2.11. The zero-order chi connectivity index (χ0) is 15.8. The van der Waals surface area contributed by atoms with Gasteiger partial charge in [0.15, 0.2) is 0 Å². The third-order valence-corrected chi connectivity index (χ3v) is 3.72. The Hall–Kier alpha value is -0.830. The average molecular weight is 298 g/mol. The number of carboxylic acids is 1. The molecule has 124 valence electrons. The summed E-state index contributed by atoms with van der Waals surface area (Å²) in [6, 6.07) is 0. The molecule has 0 aliphatic rings. The minimum atomic E-state index is -0.688. The molecular formula is C18H34O3. The van der Waals surface area contributed by atoms with Crippen molar-refractivity contribution in [3.8, 4) is 0 Å². The van der Waals surface area contributed by atoms with Gasteiger partial charge in [0.1, 0.15) is 0 Å². The van der Waals surface area contributed by atoms with Gasteiger partial charge < -0.3 is 10.2 Å². The fourth-order valence-corrected chi connectivity index (χ4v) is 2.38. The normalized spacial score (nSPS) is 12.9. The van der Waals surface area contributed by atoms with Gasteiger partial charge in [-0.05, 0) is 25.7 Å². The Morgan fingerprint density at radius 2 is 1.57 bits per heavy atom. The Morgan fingerprint density at radius 1 is 0.952 bits per heavy atom. The summed E-state index contributed by atoms with van der Waals surface area (Å²) in [6.07, 6.45) is 17.4. The van der Waals surface area contributed by atoms with E-state index in [1.54, 1.807) is 0 Å². The van der Waals surface area contributed by atoms with Crippen LogP contribution in [0.15, 0.2) is 12.2 Å². The Bertz CT molecular complexity index is 261. The fourth-order valence-electron chi connectivity index (χ4n) is 2.38. The number of rotatable bonds is 15. The van der Waals surface area contributed by atoms with Gasteiger partial charge in [-0.15, -0.1) is 0 Å². The van der Waals surface area contributed by atoms with E-state index in [0.29, 0.717) is 6.42 Å². The van der Waals surface area contributed by atoms with Crippen molar-refractivity contribution in [2.24, 2.45) is 0 Å². The zero-order valence-electron chi connectivity index (χ0n) is 13.7. The Morgan fingerprint density at radius 3 is 2.19 bits per heavy atom. The van der Waals surface area contributed by atoms with Crippen molar-refractivity contribution in [3.05, 3.63) is 12.2 Å². The lowest BCUT2D eigenvalue weighted by Crippen LogP contribution is -2.01. The maximum Gasteiger partial charge on any atom is 0.303 e. The van der Waals surface area contributed by atoms with Crippen molar-refractivity contribution in [2.45, 2.75) is 96.5 Å². The first-order chi connectivity index (χ1) is 10.2. The minimum Gasteiger partial charge on any atom is -0.481 e. The van der Waals surface area contributed by atoms with Crippen LogP contribution in [0.1, 0.15) is 90.4 Å². The predicted octanol–water partition coefficient (Wildman–Crippen LogP) is 5.08. The molecule has 3 nitrogen and oxygen atoms in total. The van der Waals surface area contributed by atoms with E-state index >= 15 is 0 Å². The number of aliphatic hydroxyl groups excluding tert-OH is 1. The van der Waals surface area contributed by atoms with Crippen molar-refractivity contribution in [3.63, 3.8) is 0 Å². The molecule has 0 bridgehead atoms. The molecule has 0 spiro atoms. The summed E-state index contributed by atoms with van der Waals surface area (Å²) in [5.74, 6) is -0.688. The van der Waals surface area contributed by atoms with E-state index in [1.807, 2.05) is 6.08 Å². The number of allylic oxidation sites excluding steroid dienone is 1. The van der Waals surface area contributed by atoms with Crippen molar-refractivity contribution in [1.82, 2.24) is 0 Å². The maximum absolute atomic E-state index is 10.3. The quantitative estimate of drug-likeness (QED) is 0.327. The average Bonchev–Trinajstić information content (AvgIpc) is 2.45. The number of carboxylic acid groups (broad SMARTS) is 1. The van der Waals surface area contributed by atoms with Gasteiger partial charge in [0.2, 0.25) is 0 Å². The third kappa shape index (κ3) is 17.1. The predicted molar refractivity (Wildman–Crippen MR) is 88.5 cm³/mol. The highest BCUT2D eigenvalue weighted by molar-refractivity contribution is 5.66. The molecule has 0 fully saturated rings. The van der Waals surface area contributed by atoms with Crippen LogP contribution in [0.5, 0.6) is 0 Å².